The van der Waals surface area contributed by atoms with Crippen molar-refractivity contribution in [3.63, 3.8) is 0 Å². The molecule has 20 heavy (non-hydrogen) atoms. The molecule has 110 valence electrons. The van der Waals surface area contributed by atoms with Gasteiger partial charge in [-0.1, -0.05) is 12.1 Å². The molecule has 0 bridgehead atoms. The highest BCUT2D eigenvalue weighted by molar-refractivity contribution is 6.62. The zero-order valence-corrected chi connectivity index (χ0v) is 12.5. The first kappa shape index (κ1) is 16.5. The van der Waals surface area contributed by atoms with Crippen molar-refractivity contribution in [1.29, 1.82) is 0 Å². The van der Waals surface area contributed by atoms with Crippen LogP contribution in [0.3, 0.4) is 0 Å². The third kappa shape index (κ3) is 3.98. The molecule has 1 fully saturated rings. The fourth-order valence-corrected chi connectivity index (χ4v) is 1.61. The predicted molar refractivity (Wildman–Crippen MR) is 77.1 cm³/mol. The molecule has 1 aliphatic rings. The Morgan fingerprint density at radius 1 is 1.05 bits per heavy atom. The molecule has 1 heterocycles. The van der Waals surface area contributed by atoms with Crippen LogP contribution in [0.5, 0.6) is 5.75 Å². The smallest absolute Gasteiger partial charge is 0.494 e. The summed E-state index contributed by atoms with van der Waals surface area (Å²) in [6.45, 7) is 9.17. The lowest BCUT2D eigenvalue weighted by Crippen LogP contribution is -2.41. The van der Waals surface area contributed by atoms with E-state index in [2.05, 4.69) is 0 Å². The molecule has 0 unspecified atom stereocenters. The molecule has 0 aliphatic carbocycles. The molecule has 1 aliphatic heterocycles. The Morgan fingerprint density at radius 2 is 1.40 bits per heavy atom. The molecule has 2 N–H and O–H groups in total. The Hall–Kier alpha value is -1.53. The molecular formula is C14H21BO5. The number of carboxylic acid groups (broad SMARTS) is 1. The zero-order valence-electron chi connectivity index (χ0n) is 12.5. The number of carboxylic acids is 1. The number of carbonyl (C=O) groups is 1. The van der Waals surface area contributed by atoms with Crippen molar-refractivity contribution in [2.24, 2.45) is 0 Å². The Morgan fingerprint density at radius 3 is 1.75 bits per heavy atom. The quantitative estimate of drug-likeness (QED) is 0.767. The minimum absolute atomic E-state index is 0.250. The lowest BCUT2D eigenvalue weighted by atomic mass is 9.79. The lowest BCUT2D eigenvalue weighted by molar-refractivity contribution is -0.134. The largest absolute Gasteiger partial charge is 0.508 e. The van der Waals surface area contributed by atoms with Crippen LogP contribution in [0.25, 0.3) is 0 Å². The summed E-state index contributed by atoms with van der Waals surface area (Å²) in [6, 6.07) is 6.91. The lowest BCUT2D eigenvalue weighted by Gasteiger charge is -2.32. The van der Waals surface area contributed by atoms with Gasteiger partial charge in [-0.05, 0) is 45.3 Å². The van der Waals surface area contributed by atoms with Crippen molar-refractivity contribution < 1.29 is 24.3 Å². The van der Waals surface area contributed by atoms with Crippen LogP contribution in [0, 0.1) is 0 Å². The SMILES string of the molecule is CC(=O)O.CC1(C)OB(c2ccc(O)cc2)OC1(C)C. The van der Waals surface area contributed by atoms with Crippen molar-refractivity contribution >= 4 is 18.6 Å². The van der Waals surface area contributed by atoms with E-state index < -0.39 is 5.97 Å². The molecule has 1 aromatic carbocycles. The van der Waals surface area contributed by atoms with Crippen LogP contribution in [0.2, 0.25) is 0 Å². The molecule has 2 rings (SSSR count). The average Bonchev–Trinajstić information content (AvgIpc) is 2.48. The van der Waals surface area contributed by atoms with Crippen molar-refractivity contribution in [3.8, 4) is 5.75 Å². The van der Waals surface area contributed by atoms with Gasteiger partial charge in [0.05, 0.1) is 11.2 Å². The fraction of sp³-hybridized carbons (Fsp3) is 0.500. The van der Waals surface area contributed by atoms with E-state index in [1.807, 2.05) is 39.8 Å². The predicted octanol–water partition coefficient (Wildman–Crippen LogP) is 1.78. The summed E-state index contributed by atoms with van der Waals surface area (Å²) in [6.07, 6.45) is 0. The summed E-state index contributed by atoms with van der Waals surface area (Å²) in [7, 11) is -0.356. The van der Waals surface area contributed by atoms with Gasteiger partial charge in [0.15, 0.2) is 0 Å². The van der Waals surface area contributed by atoms with Crippen LogP contribution < -0.4 is 5.46 Å². The molecule has 0 saturated carbocycles. The molecule has 1 saturated heterocycles. The summed E-state index contributed by atoms with van der Waals surface area (Å²) in [5, 5.41) is 16.6. The molecule has 0 atom stereocenters. The van der Waals surface area contributed by atoms with Crippen molar-refractivity contribution in [2.75, 3.05) is 0 Å². The normalized spacial score (nSPS) is 19.1. The first-order valence-corrected chi connectivity index (χ1v) is 6.39. The zero-order chi connectivity index (χ0) is 15.6. The Balaban J connectivity index is 0.000000444. The summed E-state index contributed by atoms with van der Waals surface area (Å²) >= 11 is 0. The van der Waals surface area contributed by atoms with Gasteiger partial charge < -0.3 is 19.5 Å². The highest BCUT2D eigenvalue weighted by Gasteiger charge is 2.51. The second kappa shape index (κ2) is 5.85. The first-order chi connectivity index (χ1) is 9.05. The summed E-state index contributed by atoms with van der Waals surface area (Å²) in [5.41, 5.74) is 0.280. The number of rotatable bonds is 1. The minimum Gasteiger partial charge on any atom is -0.508 e. The molecule has 6 heteroatoms. The van der Waals surface area contributed by atoms with E-state index in [0.717, 1.165) is 12.4 Å². The van der Waals surface area contributed by atoms with Crippen molar-refractivity contribution in [3.05, 3.63) is 24.3 Å². The van der Waals surface area contributed by atoms with Crippen molar-refractivity contribution in [1.82, 2.24) is 0 Å². The van der Waals surface area contributed by atoms with Crippen LogP contribution in [0.1, 0.15) is 34.6 Å². The molecule has 1 aromatic rings. The van der Waals surface area contributed by atoms with Crippen LogP contribution in [-0.4, -0.2) is 34.5 Å². The standard InChI is InChI=1S/C12H17BO3.C2H4O2/c1-11(2)12(3,4)16-13(15-11)9-5-7-10(14)8-6-9;1-2(3)4/h5-8,14H,1-4H3;1H3,(H,3,4). The number of aliphatic carboxylic acids is 1. The van der Waals surface area contributed by atoms with Gasteiger partial charge in [0.25, 0.3) is 5.97 Å². The summed E-state index contributed by atoms with van der Waals surface area (Å²) < 4.78 is 11.8. The van der Waals surface area contributed by atoms with E-state index >= 15 is 0 Å². The van der Waals surface area contributed by atoms with Crippen LogP contribution in [-0.2, 0) is 14.1 Å². The summed E-state index contributed by atoms with van der Waals surface area (Å²) in [5.74, 6) is -0.583. The van der Waals surface area contributed by atoms with Gasteiger partial charge in [0, 0.05) is 6.92 Å². The molecule has 0 amide bonds. The average molecular weight is 280 g/mol. The molecule has 0 aromatic heterocycles. The topological polar surface area (TPSA) is 76.0 Å². The van der Waals surface area contributed by atoms with Crippen LogP contribution in [0.15, 0.2) is 24.3 Å². The Kier molecular flexibility index (Phi) is 4.83. The van der Waals surface area contributed by atoms with Crippen LogP contribution >= 0.6 is 0 Å². The van der Waals surface area contributed by atoms with Crippen molar-refractivity contribution in [2.45, 2.75) is 45.8 Å². The number of hydrogen-bond donors (Lipinski definition) is 2. The highest BCUT2D eigenvalue weighted by atomic mass is 16.7. The van der Waals surface area contributed by atoms with Gasteiger partial charge in [0.2, 0.25) is 0 Å². The second-order valence-corrected chi connectivity index (χ2v) is 5.70. The van der Waals surface area contributed by atoms with E-state index in [4.69, 9.17) is 19.2 Å². The molecule has 0 radical (unpaired) electrons. The van der Waals surface area contributed by atoms with Gasteiger partial charge in [-0.15, -0.1) is 0 Å². The number of benzene rings is 1. The Bertz CT molecular complexity index is 447. The first-order valence-electron chi connectivity index (χ1n) is 6.39. The van der Waals surface area contributed by atoms with Gasteiger partial charge in [-0.2, -0.15) is 0 Å². The van der Waals surface area contributed by atoms with E-state index in [1.54, 1.807) is 12.1 Å². The Labute approximate surface area is 119 Å². The number of hydrogen-bond acceptors (Lipinski definition) is 4. The van der Waals surface area contributed by atoms with Gasteiger partial charge in [-0.25, -0.2) is 0 Å². The fourth-order valence-electron chi connectivity index (χ4n) is 1.61. The molecule has 0 spiro atoms. The maximum atomic E-state index is 9.22. The maximum absolute atomic E-state index is 9.22. The number of aromatic hydroxyl groups is 1. The van der Waals surface area contributed by atoms with E-state index in [-0.39, 0.29) is 24.1 Å². The van der Waals surface area contributed by atoms with E-state index in [0.29, 0.717) is 0 Å². The molecule has 5 nitrogen and oxygen atoms in total. The summed E-state index contributed by atoms with van der Waals surface area (Å²) in [4.78, 5) is 9.00. The van der Waals surface area contributed by atoms with Gasteiger partial charge >= 0.3 is 7.12 Å². The van der Waals surface area contributed by atoms with Gasteiger partial charge in [-0.3, -0.25) is 4.79 Å². The monoisotopic (exact) mass is 280 g/mol. The second-order valence-electron chi connectivity index (χ2n) is 5.70. The number of phenols is 1. The maximum Gasteiger partial charge on any atom is 0.494 e. The van der Waals surface area contributed by atoms with Gasteiger partial charge in [0.1, 0.15) is 5.75 Å². The highest BCUT2D eigenvalue weighted by Crippen LogP contribution is 2.36. The third-order valence-corrected chi connectivity index (χ3v) is 3.42. The van der Waals surface area contributed by atoms with Crippen LogP contribution in [0.4, 0.5) is 0 Å². The minimum atomic E-state index is -0.833. The third-order valence-electron chi connectivity index (χ3n) is 3.42. The number of phenolic OH excluding ortho intramolecular Hbond substituents is 1. The van der Waals surface area contributed by atoms with E-state index in [1.165, 1.54) is 0 Å². The van der Waals surface area contributed by atoms with E-state index in [9.17, 15) is 5.11 Å². The molecular weight excluding hydrogens is 259 g/mol.